The summed E-state index contributed by atoms with van der Waals surface area (Å²) in [5.74, 6) is -0.253. The fourth-order valence-electron chi connectivity index (χ4n) is 1.86. The molecular formula is C15H14O6S. The maximum atomic E-state index is 11.4. The van der Waals surface area contributed by atoms with Gasteiger partial charge in [-0.2, -0.15) is 8.42 Å². The van der Waals surface area contributed by atoms with Crippen molar-refractivity contribution in [3.8, 4) is 5.75 Å². The zero-order chi connectivity index (χ0) is 16.3. The van der Waals surface area contributed by atoms with Crippen molar-refractivity contribution in [2.75, 3.05) is 6.79 Å². The lowest BCUT2D eigenvalue weighted by Gasteiger charge is -2.11. The lowest BCUT2D eigenvalue weighted by atomic mass is 10.1. The molecule has 0 radical (unpaired) electrons. The zero-order valence-corrected chi connectivity index (χ0v) is 12.6. The maximum absolute atomic E-state index is 11.4. The fraction of sp³-hybridized carbons (Fsp3) is 0.133. The molecule has 0 atom stereocenters. The molecule has 6 nitrogen and oxygen atoms in total. The van der Waals surface area contributed by atoms with Crippen LogP contribution in [0.1, 0.15) is 6.92 Å². The van der Waals surface area contributed by atoms with Crippen LogP contribution < -0.4 is 4.74 Å². The van der Waals surface area contributed by atoms with Crippen molar-refractivity contribution in [2.45, 2.75) is 11.8 Å². The van der Waals surface area contributed by atoms with Crippen LogP contribution in [0.25, 0.3) is 10.8 Å². The van der Waals surface area contributed by atoms with Gasteiger partial charge < -0.3 is 9.47 Å². The molecule has 0 fully saturated rings. The van der Waals surface area contributed by atoms with Crippen LogP contribution in [0.4, 0.5) is 0 Å². The molecule has 2 rings (SSSR count). The molecule has 0 aliphatic heterocycles. The highest BCUT2D eigenvalue weighted by Crippen LogP contribution is 2.30. The minimum Gasteiger partial charge on any atom is -0.457 e. The van der Waals surface area contributed by atoms with Crippen LogP contribution in [0, 0.1) is 0 Å². The third-order valence-electron chi connectivity index (χ3n) is 2.87. The lowest BCUT2D eigenvalue weighted by Crippen LogP contribution is -2.11. The summed E-state index contributed by atoms with van der Waals surface area (Å²) in [4.78, 5) is 11.1. The highest BCUT2D eigenvalue weighted by atomic mass is 32.2. The fourth-order valence-corrected chi connectivity index (χ4v) is 2.56. The van der Waals surface area contributed by atoms with Gasteiger partial charge in [0, 0.05) is 16.3 Å². The number of hydrogen-bond donors (Lipinski definition) is 1. The number of benzene rings is 2. The summed E-state index contributed by atoms with van der Waals surface area (Å²) in [6.45, 7) is 4.62. The first kappa shape index (κ1) is 16.0. The van der Waals surface area contributed by atoms with Gasteiger partial charge in [0.15, 0.2) is 0 Å². The molecule has 0 saturated heterocycles. The Balaban J connectivity index is 2.33. The van der Waals surface area contributed by atoms with Crippen LogP contribution in [0.5, 0.6) is 5.75 Å². The van der Waals surface area contributed by atoms with E-state index in [1.807, 2.05) is 0 Å². The van der Waals surface area contributed by atoms with Crippen molar-refractivity contribution < 1.29 is 27.2 Å². The lowest BCUT2D eigenvalue weighted by molar-refractivity contribution is -0.145. The van der Waals surface area contributed by atoms with Gasteiger partial charge in [0.2, 0.25) is 6.79 Å². The first-order valence-corrected chi connectivity index (χ1v) is 7.69. The molecule has 1 N–H and O–H groups in total. The first-order valence-electron chi connectivity index (χ1n) is 6.25. The van der Waals surface area contributed by atoms with Gasteiger partial charge in [0.05, 0.1) is 0 Å². The van der Waals surface area contributed by atoms with Gasteiger partial charge in [0.25, 0.3) is 10.1 Å². The summed E-state index contributed by atoms with van der Waals surface area (Å²) >= 11 is 0. The van der Waals surface area contributed by atoms with E-state index in [1.165, 1.54) is 19.1 Å². The van der Waals surface area contributed by atoms with Crippen molar-refractivity contribution in [3.63, 3.8) is 0 Å². The summed E-state index contributed by atoms with van der Waals surface area (Å²) in [6.07, 6.45) is 0. The molecule has 22 heavy (non-hydrogen) atoms. The van der Waals surface area contributed by atoms with Gasteiger partial charge in [-0.05, 0) is 19.1 Å². The molecule has 0 heterocycles. The van der Waals surface area contributed by atoms with Crippen molar-refractivity contribution >= 4 is 26.9 Å². The summed E-state index contributed by atoms with van der Waals surface area (Å²) in [7, 11) is -4.34. The van der Waals surface area contributed by atoms with Gasteiger partial charge in [-0.3, -0.25) is 4.55 Å². The average molecular weight is 322 g/mol. The van der Waals surface area contributed by atoms with Gasteiger partial charge in [-0.25, -0.2) is 4.79 Å². The molecule has 116 valence electrons. The summed E-state index contributed by atoms with van der Waals surface area (Å²) in [5, 5.41) is 0.790. The number of esters is 1. The number of fused-ring (bicyclic) bond motifs is 1. The number of rotatable bonds is 5. The predicted molar refractivity (Wildman–Crippen MR) is 80.2 cm³/mol. The second kappa shape index (κ2) is 6.17. The van der Waals surface area contributed by atoms with E-state index in [-0.39, 0.29) is 17.3 Å². The molecule has 0 bridgehead atoms. The third kappa shape index (κ3) is 3.44. The first-order chi connectivity index (χ1) is 10.3. The highest BCUT2D eigenvalue weighted by Gasteiger charge is 2.16. The summed E-state index contributed by atoms with van der Waals surface area (Å²) in [6, 6.07) is 9.14. The Morgan fingerprint density at radius 2 is 1.82 bits per heavy atom. The van der Waals surface area contributed by atoms with Gasteiger partial charge in [-0.1, -0.05) is 30.8 Å². The van der Waals surface area contributed by atoms with E-state index in [0.717, 1.165) is 0 Å². The van der Waals surface area contributed by atoms with E-state index in [0.29, 0.717) is 16.5 Å². The Bertz CT molecular complexity index is 838. The van der Waals surface area contributed by atoms with Crippen molar-refractivity contribution in [2.24, 2.45) is 0 Å². The van der Waals surface area contributed by atoms with Gasteiger partial charge in [-0.15, -0.1) is 0 Å². The zero-order valence-electron chi connectivity index (χ0n) is 11.8. The molecule has 2 aromatic carbocycles. The number of carbonyl (C=O) groups is 1. The second-order valence-electron chi connectivity index (χ2n) is 4.56. The molecular weight excluding hydrogens is 308 g/mol. The molecule has 0 spiro atoms. The van der Waals surface area contributed by atoms with E-state index in [9.17, 15) is 17.8 Å². The Kier molecular flexibility index (Phi) is 4.48. The molecule has 0 saturated carbocycles. The molecule has 0 amide bonds. The molecule has 0 unspecified atom stereocenters. The molecule has 0 aromatic heterocycles. The van der Waals surface area contributed by atoms with E-state index < -0.39 is 16.1 Å². The van der Waals surface area contributed by atoms with Crippen molar-refractivity contribution in [1.29, 1.82) is 0 Å². The van der Waals surface area contributed by atoms with Crippen molar-refractivity contribution in [3.05, 3.63) is 48.6 Å². The third-order valence-corrected chi connectivity index (χ3v) is 3.79. The van der Waals surface area contributed by atoms with Crippen LogP contribution >= 0.6 is 0 Å². The van der Waals surface area contributed by atoms with E-state index in [2.05, 4.69) is 6.58 Å². The quantitative estimate of drug-likeness (QED) is 0.394. The van der Waals surface area contributed by atoms with Crippen molar-refractivity contribution in [1.82, 2.24) is 0 Å². The van der Waals surface area contributed by atoms with Crippen LogP contribution in [-0.4, -0.2) is 25.7 Å². The minimum absolute atomic E-state index is 0.214. The predicted octanol–water partition coefficient (Wildman–Crippen LogP) is 2.54. The van der Waals surface area contributed by atoms with E-state index in [1.54, 1.807) is 24.3 Å². The number of hydrogen-bond acceptors (Lipinski definition) is 5. The highest BCUT2D eigenvalue weighted by molar-refractivity contribution is 7.86. The average Bonchev–Trinajstić information content (AvgIpc) is 2.45. The van der Waals surface area contributed by atoms with E-state index in [4.69, 9.17) is 9.47 Å². The van der Waals surface area contributed by atoms with Gasteiger partial charge >= 0.3 is 5.97 Å². The standard InChI is InChI=1S/C15H14O6S/c1-10(2)15(16)21-9-20-13-7-8-14(22(17,18)19)12-6-4-3-5-11(12)13/h3-8H,1,9H2,2H3,(H,17,18,19). The van der Waals surface area contributed by atoms with Gasteiger partial charge in [0.1, 0.15) is 10.6 Å². The Labute approximate surface area is 127 Å². The van der Waals surface area contributed by atoms with Crippen LogP contribution in [0.15, 0.2) is 53.4 Å². The molecule has 7 heteroatoms. The number of ether oxygens (including phenoxy) is 2. The van der Waals surface area contributed by atoms with Crippen LogP contribution in [0.3, 0.4) is 0 Å². The smallest absolute Gasteiger partial charge is 0.335 e. The number of carbonyl (C=O) groups excluding carboxylic acids is 1. The molecule has 0 aliphatic carbocycles. The monoisotopic (exact) mass is 322 g/mol. The summed E-state index contributed by atoms with van der Waals surface area (Å²) < 4.78 is 42.2. The molecule has 2 aromatic rings. The van der Waals surface area contributed by atoms with Crippen LogP contribution in [0.2, 0.25) is 0 Å². The SMILES string of the molecule is C=C(C)C(=O)OCOc1ccc(S(=O)(=O)O)c2ccccc12. The second-order valence-corrected chi connectivity index (χ2v) is 5.95. The Hall–Kier alpha value is -2.38. The minimum atomic E-state index is -4.34. The molecule has 0 aliphatic rings. The summed E-state index contributed by atoms with van der Waals surface area (Å²) in [5.41, 5.74) is 0.246. The normalized spacial score (nSPS) is 11.2. The Morgan fingerprint density at radius 1 is 1.18 bits per heavy atom. The maximum Gasteiger partial charge on any atom is 0.335 e. The van der Waals surface area contributed by atoms with Crippen LogP contribution in [-0.2, 0) is 19.6 Å². The topological polar surface area (TPSA) is 89.9 Å². The largest absolute Gasteiger partial charge is 0.457 e. The Morgan fingerprint density at radius 3 is 2.41 bits per heavy atom. The van der Waals surface area contributed by atoms with E-state index >= 15 is 0 Å².